The minimum Gasteiger partial charge on any atom is -0.462 e. The first kappa shape index (κ1) is 55.9. The molecule has 1 N–H and O–H groups in total. The Kier molecular flexibility index (Phi) is 38.2. The molecule has 0 aliphatic heterocycles. The molecule has 0 radical (unpaired) electrons. The fourth-order valence-electron chi connectivity index (χ4n) is 5.36. The summed E-state index contributed by atoms with van der Waals surface area (Å²) in [6.45, 7) is 4.16. The van der Waals surface area contributed by atoms with Gasteiger partial charge in [-0.25, -0.2) is 4.57 Å². The first-order chi connectivity index (χ1) is 28.5. The van der Waals surface area contributed by atoms with Crippen molar-refractivity contribution in [3.63, 3.8) is 0 Å². The highest BCUT2D eigenvalue weighted by molar-refractivity contribution is 7.47. The summed E-state index contributed by atoms with van der Waals surface area (Å²) in [4.78, 5) is 35.4. The van der Waals surface area contributed by atoms with E-state index in [1.807, 2.05) is 33.3 Å². The number of ether oxygens (including phenoxy) is 2. The van der Waals surface area contributed by atoms with Gasteiger partial charge in [0, 0.05) is 12.8 Å². The van der Waals surface area contributed by atoms with Gasteiger partial charge in [-0.3, -0.25) is 18.6 Å². The van der Waals surface area contributed by atoms with E-state index in [0.717, 1.165) is 77.0 Å². The third-order valence-corrected chi connectivity index (χ3v) is 9.85. The molecule has 0 aromatic carbocycles. The highest BCUT2D eigenvalue weighted by Crippen LogP contribution is 2.43. The number of carbonyl (C=O) groups excluding carboxylic acids is 2. The number of phosphoric ester groups is 1. The van der Waals surface area contributed by atoms with Gasteiger partial charge in [-0.15, -0.1) is 0 Å². The maximum absolute atomic E-state index is 12.7. The van der Waals surface area contributed by atoms with E-state index in [4.69, 9.17) is 18.5 Å². The minimum absolute atomic E-state index is 0.0102. The number of hydrogen-bond donors (Lipinski definition) is 1. The zero-order valence-corrected chi connectivity index (χ0v) is 38.6. The van der Waals surface area contributed by atoms with Crippen LogP contribution < -0.4 is 0 Å². The highest BCUT2D eigenvalue weighted by atomic mass is 31.2. The Morgan fingerprint density at radius 3 is 1.51 bits per heavy atom. The number of unbranched alkanes of at least 4 members (excludes halogenated alkanes) is 9. The van der Waals surface area contributed by atoms with Crippen LogP contribution in [0.4, 0.5) is 0 Å². The molecule has 0 aliphatic rings. The van der Waals surface area contributed by atoms with E-state index in [0.29, 0.717) is 23.9 Å². The molecule has 2 atom stereocenters. The smallest absolute Gasteiger partial charge is 0.462 e. The van der Waals surface area contributed by atoms with Crippen LogP contribution in [0.25, 0.3) is 0 Å². The van der Waals surface area contributed by atoms with Crippen LogP contribution in [0, 0.1) is 0 Å². The van der Waals surface area contributed by atoms with Gasteiger partial charge in [-0.1, -0.05) is 150 Å². The summed E-state index contributed by atoms with van der Waals surface area (Å²) in [5.74, 6) is -0.922. The summed E-state index contributed by atoms with van der Waals surface area (Å²) in [7, 11) is 1.40. The van der Waals surface area contributed by atoms with Crippen molar-refractivity contribution in [3.05, 3.63) is 97.2 Å². The molecule has 0 bridgehead atoms. The van der Waals surface area contributed by atoms with Crippen molar-refractivity contribution in [2.24, 2.45) is 0 Å². The molecule has 336 valence electrons. The van der Waals surface area contributed by atoms with Crippen LogP contribution in [0.2, 0.25) is 0 Å². The van der Waals surface area contributed by atoms with E-state index in [9.17, 15) is 19.0 Å². The summed E-state index contributed by atoms with van der Waals surface area (Å²) in [6.07, 6.45) is 53.3. The lowest BCUT2D eigenvalue weighted by Gasteiger charge is -2.24. The molecule has 0 spiro atoms. The fourth-order valence-corrected chi connectivity index (χ4v) is 6.10. The molecule has 59 heavy (non-hydrogen) atoms. The predicted octanol–water partition coefficient (Wildman–Crippen LogP) is 13.0. The second-order valence-corrected chi connectivity index (χ2v) is 17.1. The number of likely N-dealkylation sites (N-methyl/N-ethyl adjacent to an activating group) is 1. The molecule has 0 amide bonds. The molecule has 2 unspecified atom stereocenters. The van der Waals surface area contributed by atoms with E-state index in [-0.39, 0.29) is 26.1 Å². The van der Waals surface area contributed by atoms with Crippen molar-refractivity contribution in [3.8, 4) is 0 Å². The van der Waals surface area contributed by atoms with Crippen molar-refractivity contribution in [2.75, 3.05) is 47.5 Å². The number of allylic oxidation sites excluding steroid dienone is 16. The quantitative estimate of drug-likeness (QED) is 0.0214. The largest absolute Gasteiger partial charge is 0.472 e. The van der Waals surface area contributed by atoms with Gasteiger partial charge < -0.3 is 18.9 Å². The molecule has 0 heterocycles. The third kappa shape index (κ3) is 44.3. The van der Waals surface area contributed by atoms with Crippen molar-refractivity contribution in [1.29, 1.82) is 0 Å². The Balaban J connectivity index is 4.53. The van der Waals surface area contributed by atoms with Crippen LogP contribution in [-0.2, 0) is 32.7 Å². The molecular weight excluding hydrogens is 762 g/mol. The van der Waals surface area contributed by atoms with Gasteiger partial charge in [-0.05, 0) is 83.5 Å². The average Bonchev–Trinajstić information content (AvgIpc) is 3.19. The van der Waals surface area contributed by atoms with E-state index >= 15 is 0 Å². The lowest BCUT2D eigenvalue weighted by Crippen LogP contribution is -2.37. The molecule has 0 fully saturated rings. The van der Waals surface area contributed by atoms with Crippen LogP contribution >= 0.6 is 7.82 Å². The average molecular weight is 845 g/mol. The van der Waals surface area contributed by atoms with Crippen LogP contribution in [0.3, 0.4) is 0 Å². The Hall–Kier alpha value is -3.07. The first-order valence-electron chi connectivity index (χ1n) is 22.5. The van der Waals surface area contributed by atoms with Crippen molar-refractivity contribution in [1.82, 2.24) is 0 Å². The third-order valence-electron chi connectivity index (χ3n) is 8.86. The van der Waals surface area contributed by atoms with Crippen molar-refractivity contribution in [2.45, 2.75) is 155 Å². The molecule has 0 saturated heterocycles. The summed E-state index contributed by atoms with van der Waals surface area (Å²) < 4.78 is 34.2. The van der Waals surface area contributed by atoms with E-state index in [1.165, 1.54) is 32.1 Å². The lowest BCUT2D eigenvalue weighted by molar-refractivity contribution is -0.870. The number of hydrogen-bond acceptors (Lipinski definition) is 7. The summed E-state index contributed by atoms with van der Waals surface area (Å²) in [5, 5.41) is 0. The van der Waals surface area contributed by atoms with Crippen LogP contribution in [0.15, 0.2) is 97.2 Å². The standard InChI is InChI=1S/C49H82NO8P/c1-6-8-10-12-14-16-18-20-22-24-25-26-28-30-32-34-36-38-40-42-49(52)58-47(46-57-59(53,54)56-44-43-50(3,4)5)45-55-48(51)41-39-37-35-33-31-29-27-23-21-19-17-15-13-11-9-7-2/h8,10,14,16-17,19-20,22-23,25-27,30,32,36,38,47H,6-7,9,11-13,15,18,21,24,28-29,31,33-35,37,39-46H2,1-5H3/p+1/b10-8-,16-14-,19-17-,22-20-,26-25-,27-23-,32-30-,38-36-. The molecule has 0 aromatic rings. The number of nitrogens with zero attached hydrogens (tertiary/aromatic N) is 1. The second-order valence-electron chi connectivity index (χ2n) is 15.7. The molecule has 9 nitrogen and oxygen atoms in total. The summed E-state index contributed by atoms with van der Waals surface area (Å²) >= 11 is 0. The number of rotatable bonds is 39. The van der Waals surface area contributed by atoms with Gasteiger partial charge in [0.1, 0.15) is 19.8 Å². The SMILES string of the molecule is CC/C=C\C/C=C\C/C=C\C/C=C\C/C=C\C/C=C\CCC(=O)OC(COC(=O)CCCCCCC/C=C\C/C=C\CCCCCC)COP(=O)(O)OCC[N+](C)(C)C. The number of phosphoric acid groups is 1. The van der Waals surface area contributed by atoms with Crippen LogP contribution in [0.5, 0.6) is 0 Å². The second kappa shape index (κ2) is 40.3. The molecule has 0 aliphatic carbocycles. The van der Waals surface area contributed by atoms with Crippen LogP contribution in [-0.4, -0.2) is 74.9 Å². The number of carbonyl (C=O) groups is 2. The van der Waals surface area contributed by atoms with E-state index in [1.54, 1.807) is 0 Å². The fraction of sp³-hybridized carbons (Fsp3) is 0.633. The van der Waals surface area contributed by atoms with Crippen molar-refractivity contribution >= 4 is 19.8 Å². The summed E-state index contributed by atoms with van der Waals surface area (Å²) in [5.41, 5.74) is 0. The Bertz CT molecular complexity index is 1320. The molecule has 0 saturated carbocycles. The Morgan fingerprint density at radius 1 is 0.542 bits per heavy atom. The first-order valence-corrected chi connectivity index (χ1v) is 24.0. The van der Waals surface area contributed by atoms with Gasteiger partial charge in [0.25, 0.3) is 0 Å². The number of quaternary nitrogens is 1. The normalized spacial score (nSPS) is 14.5. The van der Waals surface area contributed by atoms with Crippen LogP contribution in [0.1, 0.15) is 149 Å². The van der Waals surface area contributed by atoms with Gasteiger partial charge >= 0.3 is 19.8 Å². The topological polar surface area (TPSA) is 108 Å². The maximum atomic E-state index is 12.7. The Morgan fingerprint density at radius 2 is 1.00 bits per heavy atom. The number of esters is 2. The monoisotopic (exact) mass is 845 g/mol. The highest BCUT2D eigenvalue weighted by Gasteiger charge is 2.27. The predicted molar refractivity (Wildman–Crippen MR) is 247 cm³/mol. The van der Waals surface area contributed by atoms with Crippen molar-refractivity contribution < 1.29 is 42.1 Å². The summed E-state index contributed by atoms with van der Waals surface area (Å²) in [6, 6.07) is 0. The van der Waals surface area contributed by atoms with Gasteiger partial charge in [-0.2, -0.15) is 0 Å². The van der Waals surface area contributed by atoms with E-state index < -0.39 is 32.5 Å². The van der Waals surface area contributed by atoms with E-state index in [2.05, 4.69) is 98.9 Å². The lowest BCUT2D eigenvalue weighted by atomic mass is 10.1. The zero-order valence-electron chi connectivity index (χ0n) is 37.7. The minimum atomic E-state index is -4.41. The Labute approximate surface area is 360 Å². The van der Waals surface area contributed by atoms with Gasteiger partial charge in [0.2, 0.25) is 0 Å². The maximum Gasteiger partial charge on any atom is 0.472 e. The van der Waals surface area contributed by atoms with Gasteiger partial charge in [0.15, 0.2) is 6.10 Å². The molecule has 0 rings (SSSR count). The molecular formula is C49H83NO8P+. The zero-order chi connectivity index (χ0) is 43.6. The molecule has 0 aromatic heterocycles. The molecule has 10 heteroatoms. The van der Waals surface area contributed by atoms with Gasteiger partial charge in [0.05, 0.1) is 27.7 Å².